The van der Waals surface area contributed by atoms with Crippen molar-refractivity contribution in [3.8, 4) is 0 Å². The molecule has 0 saturated heterocycles. The lowest BCUT2D eigenvalue weighted by Crippen LogP contribution is -2.42. The molecule has 0 amide bonds. The van der Waals surface area contributed by atoms with Crippen LogP contribution in [0.25, 0.3) is 0 Å². The molecule has 90 valence electrons. The van der Waals surface area contributed by atoms with Crippen LogP contribution in [0, 0.1) is 5.92 Å². The maximum Gasteiger partial charge on any atom is 0.0584 e. The topological polar surface area (TPSA) is 32.3 Å². The van der Waals surface area contributed by atoms with Crippen molar-refractivity contribution in [1.29, 1.82) is 0 Å². The summed E-state index contributed by atoms with van der Waals surface area (Å²) in [5.41, 5.74) is 0. The summed E-state index contributed by atoms with van der Waals surface area (Å²) in [6.07, 6.45) is 9.15. The number of aliphatic hydroxyl groups excluding tert-OH is 1. The molecular formula is C13H27NO. The predicted molar refractivity (Wildman–Crippen MR) is 65.0 cm³/mol. The Hall–Kier alpha value is -0.0800. The lowest BCUT2D eigenvalue weighted by Gasteiger charge is -2.31. The molecule has 0 radical (unpaired) electrons. The molecule has 1 rings (SSSR count). The molecule has 0 heterocycles. The summed E-state index contributed by atoms with van der Waals surface area (Å²) in [7, 11) is 0. The number of hydrogen-bond acceptors (Lipinski definition) is 2. The van der Waals surface area contributed by atoms with Gasteiger partial charge in [0.25, 0.3) is 0 Å². The molecule has 0 spiro atoms. The molecule has 0 aromatic carbocycles. The largest absolute Gasteiger partial charge is 0.395 e. The smallest absolute Gasteiger partial charge is 0.0584 e. The molecule has 1 atom stereocenters. The Morgan fingerprint density at radius 1 is 1.20 bits per heavy atom. The standard InChI is InChI=1S/C13H27NO/c1-3-5-11-6-8-13(9-7-11)14-12(4-2)10-15/h11-15H,3-10H2,1-2H3/t11?,12-,13?/m1/s1. The van der Waals surface area contributed by atoms with Crippen molar-refractivity contribution in [3.05, 3.63) is 0 Å². The fourth-order valence-corrected chi connectivity index (χ4v) is 2.66. The highest BCUT2D eigenvalue weighted by molar-refractivity contribution is 4.79. The van der Waals surface area contributed by atoms with Crippen molar-refractivity contribution < 1.29 is 5.11 Å². The summed E-state index contributed by atoms with van der Waals surface area (Å²) < 4.78 is 0. The number of nitrogens with one attached hydrogen (secondary N) is 1. The number of rotatable bonds is 6. The van der Waals surface area contributed by atoms with Gasteiger partial charge in [0.1, 0.15) is 0 Å². The third kappa shape index (κ3) is 4.52. The second-order valence-electron chi connectivity index (χ2n) is 4.96. The lowest BCUT2D eigenvalue weighted by molar-refractivity contribution is 0.201. The van der Waals surface area contributed by atoms with Gasteiger partial charge in [-0.3, -0.25) is 0 Å². The van der Waals surface area contributed by atoms with E-state index in [0.717, 1.165) is 12.3 Å². The first-order chi connectivity index (χ1) is 7.30. The van der Waals surface area contributed by atoms with Crippen LogP contribution in [0.4, 0.5) is 0 Å². The van der Waals surface area contributed by atoms with Crippen molar-refractivity contribution in [2.45, 2.75) is 70.9 Å². The SMILES string of the molecule is CCCC1CCC(N[C@H](CC)CO)CC1. The highest BCUT2D eigenvalue weighted by Gasteiger charge is 2.21. The van der Waals surface area contributed by atoms with Gasteiger partial charge in [-0.1, -0.05) is 26.7 Å². The van der Waals surface area contributed by atoms with Gasteiger partial charge in [0.05, 0.1) is 6.61 Å². The summed E-state index contributed by atoms with van der Waals surface area (Å²) in [4.78, 5) is 0. The fourth-order valence-electron chi connectivity index (χ4n) is 2.66. The second kappa shape index (κ2) is 7.24. The molecular weight excluding hydrogens is 186 g/mol. The zero-order valence-electron chi connectivity index (χ0n) is 10.3. The van der Waals surface area contributed by atoms with E-state index in [2.05, 4.69) is 19.2 Å². The average Bonchev–Trinajstić information content (AvgIpc) is 2.28. The molecule has 0 aromatic heterocycles. The van der Waals surface area contributed by atoms with Gasteiger partial charge in [-0.05, 0) is 38.0 Å². The first-order valence-electron chi connectivity index (χ1n) is 6.67. The maximum absolute atomic E-state index is 9.13. The van der Waals surface area contributed by atoms with Gasteiger partial charge >= 0.3 is 0 Å². The van der Waals surface area contributed by atoms with E-state index in [0.29, 0.717) is 12.1 Å². The van der Waals surface area contributed by atoms with E-state index in [4.69, 9.17) is 5.11 Å². The number of aliphatic hydroxyl groups is 1. The summed E-state index contributed by atoms with van der Waals surface area (Å²) in [6.45, 7) is 4.70. The van der Waals surface area contributed by atoms with Crippen LogP contribution in [0.5, 0.6) is 0 Å². The zero-order valence-corrected chi connectivity index (χ0v) is 10.3. The van der Waals surface area contributed by atoms with Gasteiger partial charge in [-0.25, -0.2) is 0 Å². The summed E-state index contributed by atoms with van der Waals surface area (Å²) in [6, 6.07) is 0.980. The molecule has 15 heavy (non-hydrogen) atoms. The van der Waals surface area contributed by atoms with Gasteiger partial charge in [-0.15, -0.1) is 0 Å². The quantitative estimate of drug-likeness (QED) is 0.711. The molecule has 1 saturated carbocycles. The molecule has 1 fully saturated rings. The summed E-state index contributed by atoms with van der Waals surface area (Å²) in [5.74, 6) is 0.974. The number of hydrogen-bond donors (Lipinski definition) is 2. The Morgan fingerprint density at radius 2 is 1.87 bits per heavy atom. The fraction of sp³-hybridized carbons (Fsp3) is 1.00. The lowest BCUT2D eigenvalue weighted by atomic mass is 9.83. The van der Waals surface area contributed by atoms with Crippen LogP contribution >= 0.6 is 0 Å². The van der Waals surface area contributed by atoms with E-state index < -0.39 is 0 Å². The summed E-state index contributed by atoms with van der Waals surface area (Å²) >= 11 is 0. The van der Waals surface area contributed by atoms with E-state index in [1.807, 2.05) is 0 Å². The molecule has 2 nitrogen and oxygen atoms in total. The third-order valence-electron chi connectivity index (χ3n) is 3.73. The molecule has 1 aliphatic carbocycles. The van der Waals surface area contributed by atoms with E-state index >= 15 is 0 Å². The highest BCUT2D eigenvalue weighted by Crippen LogP contribution is 2.27. The maximum atomic E-state index is 9.13. The molecule has 0 aliphatic heterocycles. The minimum absolute atomic E-state index is 0.283. The van der Waals surface area contributed by atoms with Crippen LogP contribution in [0.15, 0.2) is 0 Å². The van der Waals surface area contributed by atoms with E-state index in [9.17, 15) is 0 Å². The van der Waals surface area contributed by atoms with E-state index in [1.54, 1.807) is 0 Å². The van der Waals surface area contributed by atoms with Crippen LogP contribution in [0.3, 0.4) is 0 Å². The van der Waals surface area contributed by atoms with Gasteiger partial charge in [0, 0.05) is 12.1 Å². The first-order valence-corrected chi connectivity index (χ1v) is 6.67. The molecule has 0 bridgehead atoms. The Kier molecular flexibility index (Phi) is 6.26. The van der Waals surface area contributed by atoms with Crippen LogP contribution in [-0.2, 0) is 0 Å². The minimum atomic E-state index is 0.283. The van der Waals surface area contributed by atoms with Crippen molar-refractivity contribution in [1.82, 2.24) is 5.32 Å². The molecule has 1 aliphatic rings. The molecule has 0 aromatic rings. The van der Waals surface area contributed by atoms with Crippen molar-refractivity contribution in [2.24, 2.45) is 5.92 Å². The van der Waals surface area contributed by atoms with Gasteiger partial charge < -0.3 is 10.4 Å². The second-order valence-corrected chi connectivity index (χ2v) is 4.96. The Balaban J connectivity index is 2.19. The molecule has 2 heteroatoms. The molecule has 2 N–H and O–H groups in total. The van der Waals surface area contributed by atoms with E-state index in [1.165, 1.54) is 38.5 Å². The predicted octanol–water partition coefficient (Wildman–Crippen LogP) is 2.71. The average molecular weight is 213 g/mol. The van der Waals surface area contributed by atoms with E-state index in [-0.39, 0.29) is 6.61 Å². The van der Waals surface area contributed by atoms with Gasteiger partial charge in [0.15, 0.2) is 0 Å². The van der Waals surface area contributed by atoms with Crippen molar-refractivity contribution in [3.63, 3.8) is 0 Å². The normalized spacial score (nSPS) is 29.0. The third-order valence-corrected chi connectivity index (χ3v) is 3.73. The van der Waals surface area contributed by atoms with Gasteiger partial charge in [0.2, 0.25) is 0 Å². The van der Waals surface area contributed by atoms with Crippen LogP contribution < -0.4 is 5.32 Å². The van der Waals surface area contributed by atoms with Crippen molar-refractivity contribution >= 4 is 0 Å². The van der Waals surface area contributed by atoms with Gasteiger partial charge in [-0.2, -0.15) is 0 Å². The Bertz CT molecular complexity index is 149. The monoisotopic (exact) mass is 213 g/mol. The first kappa shape index (κ1) is 13.0. The minimum Gasteiger partial charge on any atom is -0.395 e. The van der Waals surface area contributed by atoms with Crippen LogP contribution in [-0.4, -0.2) is 23.8 Å². The zero-order chi connectivity index (χ0) is 11.1. The van der Waals surface area contributed by atoms with Crippen molar-refractivity contribution in [2.75, 3.05) is 6.61 Å². The highest BCUT2D eigenvalue weighted by atomic mass is 16.3. The summed E-state index contributed by atoms with van der Waals surface area (Å²) in [5, 5.41) is 12.7. The van der Waals surface area contributed by atoms with Crippen LogP contribution in [0.2, 0.25) is 0 Å². The molecule has 0 unspecified atom stereocenters. The van der Waals surface area contributed by atoms with Crippen LogP contribution in [0.1, 0.15) is 58.8 Å². The Morgan fingerprint density at radius 3 is 2.33 bits per heavy atom. The Labute approximate surface area is 94.5 Å².